The van der Waals surface area contributed by atoms with Crippen LogP contribution < -0.4 is 10.1 Å². The molecule has 0 spiro atoms. The molecule has 1 aromatic carbocycles. The minimum Gasteiger partial charge on any atom is -0.489 e. The van der Waals surface area contributed by atoms with Crippen LogP contribution in [0.15, 0.2) is 48.8 Å². The van der Waals surface area contributed by atoms with E-state index in [0.29, 0.717) is 24.5 Å². The largest absolute Gasteiger partial charge is 0.489 e. The van der Waals surface area contributed by atoms with Gasteiger partial charge < -0.3 is 19.9 Å². The Morgan fingerprint density at radius 2 is 1.92 bits per heavy atom. The molecule has 25 heavy (non-hydrogen) atoms. The highest BCUT2D eigenvalue weighted by Crippen LogP contribution is 2.20. The van der Waals surface area contributed by atoms with E-state index in [1.54, 1.807) is 36.7 Å². The fourth-order valence-electron chi connectivity index (χ4n) is 2.52. The lowest BCUT2D eigenvalue weighted by molar-refractivity contribution is -0.144. The van der Waals surface area contributed by atoms with Crippen LogP contribution in [0.4, 0.5) is 0 Å². The van der Waals surface area contributed by atoms with Crippen LogP contribution in [-0.4, -0.2) is 40.7 Å². The fraction of sp³-hybridized carbons (Fsp3) is 0.278. The van der Waals surface area contributed by atoms with Gasteiger partial charge in [0.2, 0.25) is 0 Å². The Morgan fingerprint density at radius 1 is 1.20 bits per heavy atom. The Balaban J connectivity index is 1.61. The number of aliphatic carboxylic acids is 1. The average molecular weight is 342 g/mol. The second kappa shape index (κ2) is 7.31. The molecule has 2 N–H and O–H groups in total. The van der Waals surface area contributed by atoms with Crippen molar-refractivity contribution in [2.45, 2.75) is 18.6 Å². The van der Waals surface area contributed by atoms with E-state index in [1.807, 2.05) is 12.1 Å². The van der Waals surface area contributed by atoms with Gasteiger partial charge in [0.15, 0.2) is 5.54 Å². The molecule has 0 saturated carbocycles. The second-order valence-corrected chi connectivity index (χ2v) is 5.81. The van der Waals surface area contributed by atoms with E-state index in [1.165, 1.54) is 0 Å². The number of aromatic nitrogens is 1. The molecule has 0 bridgehead atoms. The van der Waals surface area contributed by atoms with E-state index < -0.39 is 17.4 Å². The molecule has 1 amide bonds. The van der Waals surface area contributed by atoms with Crippen molar-refractivity contribution >= 4 is 11.9 Å². The second-order valence-electron chi connectivity index (χ2n) is 5.81. The molecule has 2 heterocycles. The van der Waals surface area contributed by atoms with Gasteiger partial charge >= 0.3 is 5.97 Å². The van der Waals surface area contributed by atoms with Crippen LogP contribution >= 0.6 is 0 Å². The molecule has 1 fully saturated rings. The average Bonchev–Trinajstić information content (AvgIpc) is 3.11. The third-order valence-electron chi connectivity index (χ3n) is 4.06. The number of hydrogen-bond acceptors (Lipinski definition) is 5. The maximum absolute atomic E-state index is 12.3. The van der Waals surface area contributed by atoms with Crippen LogP contribution in [0.5, 0.6) is 5.75 Å². The summed E-state index contributed by atoms with van der Waals surface area (Å²) in [5.41, 5.74) is -0.00150. The lowest BCUT2D eigenvalue weighted by atomic mass is 9.98. The predicted octanol–water partition coefficient (Wildman–Crippen LogP) is 1.63. The standard InChI is InChI=1S/C18H18N2O5/c21-16(20-18(17(22)23)7-10-24-12-18)14-1-3-15(4-2-14)25-11-13-5-8-19-9-6-13/h1-6,8-9H,7,10-12H2,(H,20,21)(H,22,23). The highest BCUT2D eigenvalue weighted by atomic mass is 16.5. The van der Waals surface area contributed by atoms with Gasteiger partial charge in [-0.1, -0.05) is 0 Å². The van der Waals surface area contributed by atoms with Gasteiger partial charge in [-0.2, -0.15) is 0 Å². The van der Waals surface area contributed by atoms with Gasteiger partial charge in [-0.3, -0.25) is 9.78 Å². The molecular formula is C18H18N2O5. The molecule has 1 unspecified atom stereocenters. The Bertz CT molecular complexity index is 740. The number of amides is 1. The Labute approximate surface area is 144 Å². The van der Waals surface area contributed by atoms with Gasteiger partial charge in [0, 0.05) is 31.0 Å². The number of nitrogens with zero attached hydrogens (tertiary/aromatic N) is 1. The number of nitrogens with one attached hydrogen (secondary N) is 1. The summed E-state index contributed by atoms with van der Waals surface area (Å²) in [5.74, 6) is -0.922. The number of rotatable bonds is 6. The van der Waals surface area contributed by atoms with Crippen LogP contribution in [0, 0.1) is 0 Å². The van der Waals surface area contributed by atoms with Crippen molar-refractivity contribution in [3.63, 3.8) is 0 Å². The van der Waals surface area contributed by atoms with Crippen molar-refractivity contribution in [1.29, 1.82) is 0 Å². The van der Waals surface area contributed by atoms with Crippen LogP contribution in [0.1, 0.15) is 22.3 Å². The molecule has 1 aromatic heterocycles. The maximum atomic E-state index is 12.3. The molecule has 7 heteroatoms. The molecular weight excluding hydrogens is 324 g/mol. The van der Waals surface area contributed by atoms with E-state index in [0.717, 1.165) is 5.56 Å². The first-order valence-electron chi connectivity index (χ1n) is 7.84. The number of hydrogen-bond donors (Lipinski definition) is 2. The highest BCUT2D eigenvalue weighted by molar-refractivity contribution is 5.98. The molecule has 0 radical (unpaired) electrons. The van der Waals surface area contributed by atoms with Crippen molar-refractivity contribution in [3.05, 3.63) is 59.9 Å². The molecule has 3 rings (SSSR count). The summed E-state index contributed by atoms with van der Waals surface area (Å²) in [5, 5.41) is 11.9. The van der Waals surface area contributed by atoms with Crippen LogP contribution in [0.3, 0.4) is 0 Å². The highest BCUT2D eigenvalue weighted by Gasteiger charge is 2.44. The normalized spacial score (nSPS) is 19.4. The van der Waals surface area contributed by atoms with E-state index in [-0.39, 0.29) is 13.0 Å². The summed E-state index contributed by atoms with van der Waals surface area (Å²) in [7, 11) is 0. The zero-order valence-electron chi connectivity index (χ0n) is 13.5. The van der Waals surface area contributed by atoms with Gasteiger partial charge in [0.25, 0.3) is 5.91 Å². The van der Waals surface area contributed by atoms with E-state index in [9.17, 15) is 14.7 Å². The number of pyridine rings is 1. The Morgan fingerprint density at radius 3 is 2.52 bits per heavy atom. The summed E-state index contributed by atoms with van der Waals surface area (Å²) in [4.78, 5) is 27.7. The minimum atomic E-state index is -1.35. The van der Waals surface area contributed by atoms with Crippen LogP contribution in [0.25, 0.3) is 0 Å². The number of carbonyl (C=O) groups excluding carboxylic acids is 1. The number of carboxylic acids is 1. The van der Waals surface area contributed by atoms with Gasteiger partial charge in [0.05, 0.1) is 6.61 Å². The molecule has 1 atom stereocenters. The minimum absolute atomic E-state index is 0.0266. The third-order valence-corrected chi connectivity index (χ3v) is 4.06. The van der Waals surface area contributed by atoms with Crippen LogP contribution in [-0.2, 0) is 16.1 Å². The zero-order chi connectivity index (χ0) is 17.7. The predicted molar refractivity (Wildman–Crippen MR) is 88.3 cm³/mol. The lowest BCUT2D eigenvalue weighted by Crippen LogP contribution is -2.55. The molecule has 130 valence electrons. The van der Waals surface area contributed by atoms with E-state index >= 15 is 0 Å². The smallest absolute Gasteiger partial charge is 0.331 e. The van der Waals surface area contributed by atoms with Crippen molar-refractivity contribution in [3.8, 4) is 5.75 Å². The first-order valence-corrected chi connectivity index (χ1v) is 7.84. The zero-order valence-corrected chi connectivity index (χ0v) is 13.5. The van der Waals surface area contributed by atoms with E-state index in [2.05, 4.69) is 10.3 Å². The number of ether oxygens (including phenoxy) is 2. The van der Waals surface area contributed by atoms with Gasteiger partial charge in [0.1, 0.15) is 12.4 Å². The summed E-state index contributed by atoms with van der Waals surface area (Å²) >= 11 is 0. The van der Waals surface area contributed by atoms with Gasteiger partial charge in [-0.25, -0.2) is 4.79 Å². The number of carbonyl (C=O) groups is 2. The van der Waals surface area contributed by atoms with Crippen molar-refractivity contribution in [2.75, 3.05) is 13.2 Å². The topological polar surface area (TPSA) is 97.8 Å². The third kappa shape index (κ3) is 3.95. The van der Waals surface area contributed by atoms with Crippen molar-refractivity contribution in [2.24, 2.45) is 0 Å². The van der Waals surface area contributed by atoms with E-state index in [4.69, 9.17) is 9.47 Å². The summed E-state index contributed by atoms with van der Waals surface area (Å²) in [6.45, 7) is 0.684. The van der Waals surface area contributed by atoms with Crippen molar-refractivity contribution in [1.82, 2.24) is 10.3 Å². The Kier molecular flexibility index (Phi) is 4.95. The number of carboxylic acid groups (broad SMARTS) is 1. The van der Waals surface area contributed by atoms with Gasteiger partial charge in [-0.05, 0) is 42.0 Å². The molecule has 1 aliphatic rings. The van der Waals surface area contributed by atoms with Crippen molar-refractivity contribution < 1.29 is 24.2 Å². The summed E-state index contributed by atoms with van der Waals surface area (Å²) in [6, 6.07) is 10.3. The maximum Gasteiger partial charge on any atom is 0.331 e. The summed E-state index contributed by atoms with van der Waals surface area (Å²) in [6.07, 6.45) is 3.63. The Hall–Kier alpha value is -2.93. The lowest BCUT2D eigenvalue weighted by Gasteiger charge is -2.23. The first-order chi connectivity index (χ1) is 12.1. The van der Waals surface area contributed by atoms with Crippen LogP contribution in [0.2, 0.25) is 0 Å². The quantitative estimate of drug-likeness (QED) is 0.828. The molecule has 1 saturated heterocycles. The molecule has 7 nitrogen and oxygen atoms in total. The SMILES string of the molecule is O=C(NC1(C(=O)O)CCOC1)c1ccc(OCc2ccncc2)cc1. The fourth-order valence-corrected chi connectivity index (χ4v) is 2.52. The van der Waals surface area contributed by atoms with Gasteiger partial charge in [-0.15, -0.1) is 0 Å². The summed E-state index contributed by atoms with van der Waals surface area (Å²) < 4.78 is 10.8. The first kappa shape index (κ1) is 16.9. The molecule has 0 aliphatic carbocycles. The molecule has 1 aliphatic heterocycles. The number of benzene rings is 1. The molecule has 2 aromatic rings. The monoisotopic (exact) mass is 342 g/mol.